The molecule has 132 valence electrons. The van der Waals surface area contributed by atoms with Crippen molar-refractivity contribution in [2.75, 3.05) is 13.1 Å². The number of nitrogens with one attached hydrogen (secondary N) is 2. The summed E-state index contributed by atoms with van der Waals surface area (Å²) in [7, 11) is 0. The molecule has 2 N–H and O–H groups in total. The number of carbonyl (C=O) groups is 2. The van der Waals surface area contributed by atoms with Gasteiger partial charge in [-0.1, -0.05) is 46.4 Å². The van der Waals surface area contributed by atoms with Crippen LogP contribution in [-0.4, -0.2) is 24.9 Å². The van der Waals surface area contributed by atoms with Gasteiger partial charge in [-0.05, 0) is 42.8 Å². The van der Waals surface area contributed by atoms with E-state index in [4.69, 9.17) is 46.4 Å². The summed E-state index contributed by atoms with van der Waals surface area (Å²) in [5.74, 6) is -0.645. The van der Waals surface area contributed by atoms with Gasteiger partial charge in [0, 0.05) is 23.1 Å². The Bertz CT molecular complexity index is 731. The molecule has 0 saturated heterocycles. The molecule has 0 fully saturated rings. The van der Waals surface area contributed by atoms with Gasteiger partial charge in [0.1, 0.15) is 0 Å². The van der Waals surface area contributed by atoms with Crippen molar-refractivity contribution in [3.63, 3.8) is 0 Å². The smallest absolute Gasteiger partial charge is 0.252 e. The van der Waals surface area contributed by atoms with Crippen molar-refractivity contribution in [2.45, 2.75) is 6.42 Å². The quantitative estimate of drug-likeness (QED) is 0.657. The first kappa shape index (κ1) is 19.9. The molecule has 4 nitrogen and oxygen atoms in total. The molecule has 0 radical (unpaired) electrons. The Hall–Kier alpha value is -1.46. The summed E-state index contributed by atoms with van der Waals surface area (Å²) in [5.41, 5.74) is 0.618. The summed E-state index contributed by atoms with van der Waals surface area (Å²) in [6.07, 6.45) is 0.536. The van der Waals surface area contributed by atoms with Crippen LogP contribution in [0.25, 0.3) is 0 Å². The second-order valence-corrected chi connectivity index (χ2v) is 6.80. The summed E-state index contributed by atoms with van der Waals surface area (Å²) >= 11 is 23.6. The van der Waals surface area contributed by atoms with Crippen LogP contribution >= 0.6 is 46.4 Å². The van der Waals surface area contributed by atoms with Gasteiger partial charge in [0.2, 0.25) is 0 Å². The molecule has 0 spiro atoms. The van der Waals surface area contributed by atoms with Crippen LogP contribution in [-0.2, 0) is 0 Å². The molecule has 2 rings (SSSR count). The Kier molecular flexibility index (Phi) is 7.38. The van der Waals surface area contributed by atoms with Gasteiger partial charge in [-0.15, -0.1) is 0 Å². The van der Waals surface area contributed by atoms with E-state index in [0.29, 0.717) is 50.7 Å². The molecule has 0 aliphatic heterocycles. The largest absolute Gasteiger partial charge is 0.352 e. The van der Waals surface area contributed by atoms with Gasteiger partial charge < -0.3 is 10.6 Å². The van der Waals surface area contributed by atoms with E-state index in [1.54, 1.807) is 24.3 Å². The standard InChI is InChI=1S/C17H14Cl4N2O2/c18-10-2-4-14(20)12(8-10)16(24)22-6-1-7-23-17(25)13-9-11(19)3-5-15(13)21/h2-5,8-9H,1,6-7H2,(H,22,24)(H,23,25). The Morgan fingerprint density at radius 2 is 1.12 bits per heavy atom. The Balaban J connectivity index is 1.78. The van der Waals surface area contributed by atoms with E-state index in [1.807, 2.05) is 0 Å². The lowest BCUT2D eigenvalue weighted by atomic mass is 10.2. The Morgan fingerprint density at radius 3 is 1.52 bits per heavy atom. The van der Waals surface area contributed by atoms with E-state index in [-0.39, 0.29) is 11.8 Å². The molecule has 8 heteroatoms. The number of benzene rings is 2. The predicted molar refractivity (Wildman–Crippen MR) is 102 cm³/mol. The third kappa shape index (κ3) is 5.79. The fourth-order valence-corrected chi connectivity index (χ4v) is 2.78. The molecule has 0 aromatic heterocycles. The molecule has 25 heavy (non-hydrogen) atoms. The molecular formula is C17H14Cl4N2O2. The van der Waals surface area contributed by atoms with Crippen LogP contribution in [0.3, 0.4) is 0 Å². The van der Waals surface area contributed by atoms with Crippen molar-refractivity contribution in [2.24, 2.45) is 0 Å². The second-order valence-electron chi connectivity index (χ2n) is 5.11. The number of hydrogen-bond acceptors (Lipinski definition) is 2. The third-order valence-corrected chi connectivity index (χ3v) is 4.40. The molecule has 0 aliphatic rings. The zero-order valence-corrected chi connectivity index (χ0v) is 15.9. The van der Waals surface area contributed by atoms with Crippen molar-refractivity contribution in [1.82, 2.24) is 10.6 Å². The second kappa shape index (κ2) is 9.30. The molecule has 0 atom stereocenters. The lowest BCUT2D eigenvalue weighted by Crippen LogP contribution is -2.30. The summed E-state index contributed by atoms with van der Waals surface area (Å²) in [6, 6.07) is 9.35. The zero-order valence-electron chi connectivity index (χ0n) is 12.9. The number of amides is 2. The monoisotopic (exact) mass is 418 g/mol. The number of halogens is 4. The summed E-state index contributed by atoms with van der Waals surface area (Å²) in [6.45, 7) is 0.733. The van der Waals surface area contributed by atoms with E-state index >= 15 is 0 Å². The van der Waals surface area contributed by atoms with Crippen LogP contribution in [0.15, 0.2) is 36.4 Å². The van der Waals surface area contributed by atoms with Gasteiger partial charge in [0.05, 0.1) is 21.2 Å². The molecule has 2 aromatic rings. The van der Waals surface area contributed by atoms with Gasteiger partial charge in [-0.2, -0.15) is 0 Å². The SMILES string of the molecule is O=C(NCCCNC(=O)c1cc(Cl)ccc1Cl)c1cc(Cl)ccc1Cl. The molecule has 2 amide bonds. The number of carbonyl (C=O) groups excluding carboxylic acids is 2. The lowest BCUT2D eigenvalue weighted by Gasteiger charge is -2.09. The zero-order chi connectivity index (χ0) is 18.4. The van der Waals surface area contributed by atoms with Gasteiger partial charge in [-0.25, -0.2) is 0 Å². The minimum atomic E-state index is -0.322. The molecule has 0 heterocycles. The van der Waals surface area contributed by atoms with E-state index in [0.717, 1.165) is 0 Å². The molecule has 0 unspecified atom stereocenters. The minimum absolute atomic E-state index is 0.309. The Morgan fingerprint density at radius 1 is 0.720 bits per heavy atom. The summed E-state index contributed by atoms with van der Waals surface area (Å²) < 4.78 is 0. The summed E-state index contributed by atoms with van der Waals surface area (Å²) in [5, 5.41) is 6.95. The third-order valence-electron chi connectivity index (χ3n) is 3.27. The van der Waals surface area contributed by atoms with Crippen LogP contribution in [0.4, 0.5) is 0 Å². The average Bonchev–Trinajstić information content (AvgIpc) is 2.58. The van der Waals surface area contributed by atoms with Crippen LogP contribution in [0.5, 0.6) is 0 Å². The average molecular weight is 420 g/mol. The van der Waals surface area contributed by atoms with Gasteiger partial charge in [0.15, 0.2) is 0 Å². The molecule has 0 saturated carbocycles. The highest BCUT2D eigenvalue weighted by Crippen LogP contribution is 2.21. The van der Waals surface area contributed by atoms with E-state index in [2.05, 4.69) is 10.6 Å². The van der Waals surface area contributed by atoms with Crippen LogP contribution < -0.4 is 10.6 Å². The van der Waals surface area contributed by atoms with Crippen molar-refractivity contribution in [1.29, 1.82) is 0 Å². The minimum Gasteiger partial charge on any atom is -0.352 e. The topological polar surface area (TPSA) is 58.2 Å². The maximum Gasteiger partial charge on any atom is 0.252 e. The fraction of sp³-hybridized carbons (Fsp3) is 0.176. The molecular weight excluding hydrogens is 406 g/mol. The van der Waals surface area contributed by atoms with Gasteiger partial charge in [0.25, 0.3) is 11.8 Å². The highest BCUT2D eigenvalue weighted by atomic mass is 35.5. The van der Waals surface area contributed by atoms with Gasteiger partial charge >= 0.3 is 0 Å². The first-order valence-electron chi connectivity index (χ1n) is 7.35. The van der Waals surface area contributed by atoms with Crippen molar-refractivity contribution < 1.29 is 9.59 Å². The Labute approximate surface area is 165 Å². The van der Waals surface area contributed by atoms with Crippen LogP contribution in [0, 0.1) is 0 Å². The first-order chi connectivity index (χ1) is 11.9. The highest BCUT2D eigenvalue weighted by molar-refractivity contribution is 6.36. The van der Waals surface area contributed by atoms with E-state index in [9.17, 15) is 9.59 Å². The van der Waals surface area contributed by atoms with E-state index in [1.165, 1.54) is 12.1 Å². The van der Waals surface area contributed by atoms with E-state index < -0.39 is 0 Å². The van der Waals surface area contributed by atoms with Crippen LogP contribution in [0.1, 0.15) is 27.1 Å². The molecule has 0 aliphatic carbocycles. The fourth-order valence-electron chi connectivity index (χ4n) is 2.03. The number of rotatable bonds is 6. The first-order valence-corrected chi connectivity index (χ1v) is 8.86. The predicted octanol–water partition coefficient (Wildman–Crippen LogP) is 4.85. The van der Waals surface area contributed by atoms with Crippen LogP contribution in [0.2, 0.25) is 20.1 Å². The molecule has 2 aromatic carbocycles. The van der Waals surface area contributed by atoms with Crippen molar-refractivity contribution in [3.05, 3.63) is 67.6 Å². The maximum absolute atomic E-state index is 12.0. The lowest BCUT2D eigenvalue weighted by molar-refractivity contribution is 0.0952. The normalized spacial score (nSPS) is 10.4. The van der Waals surface area contributed by atoms with Gasteiger partial charge in [-0.3, -0.25) is 9.59 Å². The van der Waals surface area contributed by atoms with Crippen molar-refractivity contribution >= 4 is 58.2 Å². The summed E-state index contributed by atoms with van der Waals surface area (Å²) in [4.78, 5) is 24.1. The van der Waals surface area contributed by atoms with Crippen molar-refractivity contribution in [3.8, 4) is 0 Å². The molecule has 0 bridgehead atoms. The maximum atomic E-state index is 12.0. The number of hydrogen-bond donors (Lipinski definition) is 2. The highest BCUT2D eigenvalue weighted by Gasteiger charge is 2.12.